The molecule has 0 amide bonds. The number of pyridine rings is 1. The van der Waals surface area contributed by atoms with Gasteiger partial charge in [0.25, 0.3) is 0 Å². The van der Waals surface area contributed by atoms with Gasteiger partial charge in [0.15, 0.2) is 0 Å². The number of hydrogen-bond donors (Lipinski definition) is 1. The van der Waals surface area contributed by atoms with E-state index in [0.717, 1.165) is 6.42 Å². The molecule has 8 nitrogen and oxygen atoms in total. The number of carboxylic acid groups (broad SMARTS) is 1. The van der Waals surface area contributed by atoms with E-state index < -0.39 is 11.8 Å². The Morgan fingerprint density at radius 3 is 2.66 bits per heavy atom. The second kappa shape index (κ2) is 11.4. The SMILES string of the molecule is O=C(O)c1ccc2nc(Oc3ccc(-c4cccc(OCc5ccc(Cl)cc5F)n4)cc3Cl)n(C[C@@H]3CCO3)c2c1. The van der Waals surface area contributed by atoms with Gasteiger partial charge >= 0.3 is 12.0 Å². The van der Waals surface area contributed by atoms with E-state index in [1.807, 2.05) is 4.57 Å². The lowest BCUT2D eigenvalue weighted by molar-refractivity contribution is -0.0593. The maximum absolute atomic E-state index is 14.1. The minimum atomic E-state index is -1.03. The van der Waals surface area contributed by atoms with Gasteiger partial charge in [-0.2, -0.15) is 4.98 Å². The zero-order valence-electron chi connectivity index (χ0n) is 21.4. The summed E-state index contributed by atoms with van der Waals surface area (Å²) in [6.45, 7) is 1.13. The van der Waals surface area contributed by atoms with Crippen molar-refractivity contribution >= 4 is 40.2 Å². The predicted octanol–water partition coefficient (Wildman–Crippen LogP) is 7.40. The van der Waals surface area contributed by atoms with E-state index in [-0.39, 0.29) is 24.3 Å². The van der Waals surface area contributed by atoms with Gasteiger partial charge in [0.1, 0.15) is 18.2 Å². The smallest absolute Gasteiger partial charge is 0.335 e. The maximum atomic E-state index is 14.1. The van der Waals surface area contributed by atoms with Gasteiger partial charge < -0.3 is 19.3 Å². The molecule has 0 saturated carbocycles. The van der Waals surface area contributed by atoms with Gasteiger partial charge in [-0.15, -0.1) is 0 Å². The van der Waals surface area contributed by atoms with Crippen LogP contribution in [0.1, 0.15) is 22.3 Å². The molecule has 5 aromatic rings. The molecule has 2 aromatic heterocycles. The van der Waals surface area contributed by atoms with Crippen molar-refractivity contribution in [3.05, 3.63) is 99.8 Å². The summed E-state index contributed by atoms with van der Waals surface area (Å²) in [4.78, 5) is 20.7. The minimum absolute atomic E-state index is 0.00611. The number of ether oxygens (including phenoxy) is 3. The van der Waals surface area contributed by atoms with Crippen molar-refractivity contribution in [3.8, 4) is 28.9 Å². The molecule has 41 heavy (non-hydrogen) atoms. The summed E-state index contributed by atoms with van der Waals surface area (Å²) in [5.41, 5.74) is 3.05. The normalized spacial score (nSPS) is 14.6. The topological polar surface area (TPSA) is 95.7 Å². The second-order valence-corrected chi connectivity index (χ2v) is 10.3. The maximum Gasteiger partial charge on any atom is 0.335 e. The van der Waals surface area contributed by atoms with Gasteiger partial charge in [-0.3, -0.25) is 4.57 Å². The van der Waals surface area contributed by atoms with Crippen LogP contribution in [0.2, 0.25) is 10.0 Å². The van der Waals surface area contributed by atoms with Crippen LogP contribution in [0.25, 0.3) is 22.3 Å². The first kappa shape index (κ1) is 27.0. The number of aromatic nitrogens is 3. The number of halogens is 3. The molecule has 1 aliphatic rings. The molecular weight excluding hydrogens is 572 g/mol. The zero-order chi connectivity index (χ0) is 28.5. The van der Waals surface area contributed by atoms with Crippen molar-refractivity contribution < 1.29 is 28.5 Å². The first-order chi connectivity index (χ1) is 19.8. The van der Waals surface area contributed by atoms with Gasteiger partial charge in [-0.05, 0) is 61.0 Å². The van der Waals surface area contributed by atoms with Crippen LogP contribution in [0.4, 0.5) is 4.39 Å². The highest BCUT2D eigenvalue weighted by atomic mass is 35.5. The van der Waals surface area contributed by atoms with Crippen molar-refractivity contribution in [2.75, 3.05) is 6.61 Å². The molecule has 11 heteroatoms. The van der Waals surface area contributed by atoms with Crippen LogP contribution in [0.15, 0.2) is 72.8 Å². The van der Waals surface area contributed by atoms with Gasteiger partial charge in [-0.1, -0.05) is 35.3 Å². The van der Waals surface area contributed by atoms with E-state index in [1.54, 1.807) is 60.7 Å². The summed E-state index contributed by atoms with van der Waals surface area (Å²) in [5.74, 6) is -0.792. The van der Waals surface area contributed by atoms with Crippen molar-refractivity contribution in [3.63, 3.8) is 0 Å². The Hall–Kier alpha value is -4.18. The number of rotatable bonds is 9. The minimum Gasteiger partial charge on any atom is -0.478 e. The van der Waals surface area contributed by atoms with E-state index in [2.05, 4.69) is 9.97 Å². The molecule has 1 N–H and O–H groups in total. The average Bonchev–Trinajstić information content (AvgIpc) is 3.27. The largest absolute Gasteiger partial charge is 0.478 e. The summed E-state index contributed by atoms with van der Waals surface area (Å²) < 4.78 is 33.4. The molecule has 0 aliphatic carbocycles. The summed E-state index contributed by atoms with van der Waals surface area (Å²) in [5, 5.41) is 10.1. The molecule has 0 bridgehead atoms. The highest BCUT2D eigenvalue weighted by Gasteiger charge is 2.24. The first-order valence-electron chi connectivity index (χ1n) is 12.7. The van der Waals surface area contributed by atoms with Gasteiger partial charge in [0.2, 0.25) is 5.88 Å². The van der Waals surface area contributed by atoms with Crippen LogP contribution >= 0.6 is 23.2 Å². The summed E-state index contributed by atoms with van der Waals surface area (Å²) in [7, 11) is 0. The second-order valence-electron chi connectivity index (χ2n) is 9.43. The fraction of sp³-hybridized carbons (Fsp3) is 0.167. The van der Waals surface area contributed by atoms with Crippen molar-refractivity contribution in [1.82, 2.24) is 14.5 Å². The summed E-state index contributed by atoms with van der Waals surface area (Å²) >= 11 is 12.4. The van der Waals surface area contributed by atoms with E-state index >= 15 is 0 Å². The Labute approximate surface area is 243 Å². The Balaban J connectivity index is 1.24. The quantitative estimate of drug-likeness (QED) is 0.190. The molecule has 1 aliphatic heterocycles. The Kier molecular flexibility index (Phi) is 7.49. The third kappa shape index (κ3) is 5.83. The molecule has 208 valence electrons. The fourth-order valence-corrected chi connectivity index (χ4v) is 4.79. The monoisotopic (exact) mass is 593 g/mol. The molecular formula is C30H22Cl2FN3O5. The highest BCUT2D eigenvalue weighted by molar-refractivity contribution is 6.32. The average molecular weight is 594 g/mol. The van der Waals surface area contributed by atoms with E-state index in [9.17, 15) is 14.3 Å². The lowest BCUT2D eigenvalue weighted by Crippen LogP contribution is -2.31. The third-order valence-corrected chi connectivity index (χ3v) is 7.21. The van der Waals surface area contributed by atoms with E-state index in [4.69, 9.17) is 37.4 Å². The lowest BCUT2D eigenvalue weighted by atomic mass is 10.1. The van der Waals surface area contributed by atoms with Gasteiger partial charge in [-0.25, -0.2) is 14.2 Å². The lowest BCUT2D eigenvalue weighted by Gasteiger charge is -2.27. The molecule has 1 atom stereocenters. The number of carboxylic acids is 1. The molecule has 3 heterocycles. The number of aromatic carboxylic acids is 1. The van der Waals surface area contributed by atoms with Crippen molar-refractivity contribution in [1.29, 1.82) is 0 Å². The van der Waals surface area contributed by atoms with Crippen LogP contribution in [-0.4, -0.2) is 38.3 Å². The van der Waals surface area contributed by atoms with E-state index in [1.165, 1.54) is 12.1 Å². The third-order valence-electron chi connectivity index (χ3n) is 6.68. The molecule has 0 spiro atoms. The van der Waals surface area contributed by atoms with Crippen molar-refractivity contribution in [2.24, 2.45) is 0 Å². The fourth-order valence-electron chi connectivity index (χ4n) is 4.41. The number of benzene rings is 3. The number of fused-ring (bicyclic) bond motifs is 1. The zero-order valence-corrected chi connectivity index (χ0v) is 22.9. The Bertz CT molecular complexity index is 1770. The number of carbonyl (C=O) groups is 1. The van der Waals surface area contributed by atoms with Gasteiger partial charge in [0.05, 0.1) is 40.0 Å². The molecule has 1 saturated heterocycles. The highest BCUT2D eigenvalue weighted by Crippen LogP contribution is 2.35. The molecule has 1 fully saturated rings. The van der Waals surface area contributed by atoms with Gasteiger partial charge in [0, 0.05) is 28.8 Å². The Morgan fingerprint density at radius 1 is 1.07 bits per heavy atom. The van der Waals surface area contributed by atoms with Crippen LogP contribution in [0.3, 0.4) is 0 Å². The van der Waals surface area contributed by atoms with E-state index in [0.29, 0.717) is 62.7 Å². The standard InChI is InChI=1S/C30H22Cl2FN3O5/c31-20-7-4-19(23(33)14-20)16-40-28-3-1-2-24(34-28)17-6-9-27(22(32)12-17)41-30-35-25-8-5-18(29(37)38)13-26(25)36(30)15-21-10-11-39-21/h1-9,12-14,21H,10-11,15-16H2,(H,37,38)/t21-/m0/s1. The predicted molar refractivity (Wildman–Crippen MR) is 152 cm³/mol. The molecule has 6 rings (SSSR count). The number of hydrogen-bond acceptors (Lipinski definition) is 6. The van der Waals surface area contributed by atoms with Crippen LogP contribution in [-0.2, 0) is 17.9 Å². The first-order valence-corrected chi connectivity index (χ1v) is 13.5. The van der Waals surface area contributed by atoms with Crippen LogP contribution in [0.5, 0.6) is 17.6 Å². The number of imidazole rings is 1. The Morgan fingerprint density at radius 2 is 1.93 bits per heavy atom. The summed E-state index contributed by atoms with van der Waals surface area (Å²) in [6, 6.07) is 19.9. The number of nitrogens with zero attached hydrogens (tertiary/aromatic N) is 3. The summed E-state index contributed by atoms with van der Waals surface area (Å²) in [6.07, 6.45) is 0.871. The van der Waals surface area contributed by atoms with Crippen molar-refractivity contribution in [2.45, 2.75) is 25.7 Å². The molecule has 0 radical (unpaired) electrons. The van der Waals surface area contributed by atoms with Crippen LogP contribution in [0, 0.1) is 5.82 Å². The van der Waals surface area contributed by atoms with Crippen LogP contribution < -0.4 is 9.47 Å². The molecule has 3 aromatic carbocycles. The molecule has 0 unspecified atom stereocenters.